The molecule has 36 heavy (non-hydrogen) atoms. The number of ether oxygens (including phenoxy) is 1. The molecule has 6 rings (SSSR count). The lowest BCUT2D eigenvalue weighted by molar-refractivity contribution is -0.163. The number of esters is 1. The minimum Gasteiger partial charge on any atom is -0.469 e. The van der Waals surface area contributed by atoms with E-state index in [-0.39, 0.29) is 35.3 Å². The van der Waals surface area contributed by atoms with Crippen LogP contribution in [-0.4, -0.2) is 50.0 Å². The Labute approximate surface area is 211 Å². The van der Waals surface area contributed by atoms with Gasteiger partial charge in [-0.1, -0.05) is 20.8 Å². The van der Waals surface area contributed by atoms with Crippen LogP contribution < -0.4 is 10.6 Å². The molecule has 196 valence electrons. The van der Waals surface area contributed by atoms with Crippen LogP contribution in [0.5, 0.6) is 0 Å². The van der Waals surface area contributed by atoms with Crippen molar-refractivity contribution < 1.29 is 19.0 Å². The standard InChI is InChI=1S/C26H37FN6O3/c1-13(2)17(23(34)36-5)8-18-20(27)22(29-19-6-14(3)32-33-19)31-24(28-18)30-21-16-7-15-9-25(21,4)12-26(35,10-15)11-16/h6,13,15-17,21,35H,7-12H2,1-5H3,(H3,28,29,30,31,32,33). The molecule has 0 aromatic carbocycles. The zero-order chi connectivity index (χ0) is 25.8. The second-order valence-corrected chi connectivity index (χ2v) is 11.9. The van der Waals surface area contributed by atoms with E-state index in [9.17, 15) is 9.90 Å². The van der Waals surface area contributed by atoms with Gasteiger partial charge in [-0.05, 0) is 62.2 Å². The molecule has 0 aliphatic heterocycles. The van der Waals surface area contributed by atoms with Crippen LogP contribution in [0.15, 0.2) is 6.07 Å². The van der Waals surface area contributed by atoms with Crippen molar-refractivity contribution in [3.8, 4) is 0 Å². The number of hydrogen-bond acceptors (Lipinski definition) is 8. The number of nitrogens with one attached hydrogen (secondary N) is 3. The van der Waals surface area contributed by atoms with E-state index in [1.54, 1.807) is 6.07 Å². The number of halogens is 1. The Morgan fingerprint density at radius 2 is 2.11 bits per heavy atom. The van der Waals surface area contributed by atoms with Gasteiger partial charge in [0.15, 0.2) is 17.5 Å². The molecular weight excluding hydrogens is 463 g/mol. The Morgan fingerprint density at radius 1 is 1.33 bits per heavy atom. The lowest BCUT2D eigenvalue weighted by Crippen LogP contribution is -2.63. The molecule has 4 aliphatic rings. The first-order valence-electron chi connectivity index (χ1n) is 12.9. The number of rotatable bonds is 8. The van der Waals surface area contributed by atoms with Crippen molar-refractivity contribution in [1.82, 2.24) is 20.2 Å². The molecule has 2 heterocycles. The Bertz CT molecular complexity index is 1150. The SMILES string of the molecule is COC(=O)C(Cc1nc(NC2C3CC4CC(O)(C3)CC2(C)C4)nc(Nc2cc(C)[nH]n2)c1F)C(C)C. The highest BCUT2D eigenvalue weighted by Crippen LogP contribution is 2.61. The monoisotopic (exact) mass is 500 g/mol. The molecular formula is C26H37FN6O3. The first-order valence-corrected chi connectivity index (χ1v) is 12.9. The number of H-pyrrole nitrogens is 1. The van der Waals surface area contributed by atoms with Crippen LogP contribution in [0, 0.1) is 41.8 Å². The number of carbonyl (C=O) groups is 1. The summed E-state index contributed by atoms with van der Waals surface area (Å²) < 4.78 is 20.7. The van der Waals surface area contributed by atoms with Gasteiger partial charge in [0.25, 0.3) is 0 Å². The molecule has 4 aliphatic carbocycles. The molecule has 4 N–H and O–H groups in total. The maximum Gasteiger partial charge on any atom is 0.309 e. The Hall–Kier alpha value is -2.75. The van der Waals surface area contributed by atoms with Crippen LogP contribution in [-0.2, 0) is 16.0 Å². The second kappa shape index (κ2) is 8.97. The van der Waals surface area contributed by atoms with Crippen LogP contribution in [0.4, 0.5) is 22.0 Å². The first kappa shape index (κ1) is 24.9. The average Bonchev–Trinajstić information content (AvgIpc) is 3.19. The fourth-order valence-electron chi connectivity index (χ4n) is 7.31. The number of aromatic nitrogens is 4. The van der Waals surface area contributed by atoms with Gasteiger partial charge in [0.05, 0.1) is 24.3 Å². The summed E-state index contributed by atoms with van der Waals surface area (Å²) in [5.74, 6) is 0.0216. The van der Waals surface area contributed by atoms with Gasteiger partial charge in [-0.3, -0.25) is 9.89 Å². The third-order valence-corrected chi connectivity index (χ3v) is 8.54. The Kier molecular flexibility index (Phi) is 6.21. The Morgan fingerprint density at radius 3 is 2.72 bits per heavy atom. The van der Waals surface area contributed by atoms with Crippen molar-refractivity contribution in [1.29, 1.82) is 0 Å². The average molecular weight is 501 g/mol. The molecule has 2 aromatic rings. The number of carbonyl (C=O) groups excluding carboxylic acids is 1. The van der Waals surface area contributed by atoms with Crippen LogP contribution in [0.2, 0.25) is 0 Å². The number of aliphatic hydroxyl groups is 1. The summed E-state index contributed by atoms with van der Waals surface area (Å²) in [4.78, 5) is 21.5. The van der Waals surface area contributed by atoms with Crippen LogP contribution >= 0.6 is 0 Å². The van der Waals surface area contributed by atoms with Gasteiger partial charge in [-0.2, -0.15) is 10.1 Å². The van der Waals surface area contributed by atoms with Crippen molar-refractivity contribution in [2.75, 3.05) is 17.7 Å². The zero-order valence-corrected chi connectivity index (χ0v) is 21.7. The molecule has 6 unspecified atom stereocenters. The van der Waals surface area contributed by atoms with Gasteiger partial charge in [0.2, 0.25) is 5.95 Å². The van der Waals surface area contributed by atoms with Crippen molar-refractivity contribution in [3.05, 3.63) is 23.3 Å². The zero-order valence-electron chi connectivity index (χ0n) is 21.7. The summed E-state index contributed by atoms with van der Waals surface area (Å²) in [5, 5.41) is 24.6. The summed E-state index contributed by atoms with van der Waals surface area (Å²) in [6.45, 7) is 7.91. The minimum atomic E-state index is -0.610. The highest BCUT2D eigenvalue weighted by molar-refractivity contribution is 5.73. The van der Waals surface area contributed by atoms with E-state index in [1.165, 1.54) is 7.11 Å². The summed E-state index contributed by atoms with van der Waals surface area (Å²) in [5.41, 5.74) is 0.314. The van der Waals surface area contributed by atoms with Gasteiger partial charge in [0.1, 0.15) is 0 Å². The lowest BCUT2D eigenvalue weighted by atomic mass is 9.46. The summed E-state index contributed by atoms with van der Waals surface area (Å²) in [6, 6.07) is 1.84. The number of anilines is 3. The van der Waals surface area contributed by atoms with Gasteiger partial charge < -0.3 is 20.5 Å². The molecule has 6 atom stereocenters. The van der Waals surface area contributed by atoms with E-state index >= 15 is 4.39 Å². The number of methoxy groups -OCH3 is 1. The predicted molar refractivity (Wildman–Crippen MR) is 133 cm³/mol. The van der Waals surface area contributed by atoms with Crippen molar-refractivity contribution in [2.45, 2.75) is 77.9 Å². The first-order chi connectivity index (χ1) is 17.0. The summed E-state index contributed by atoms with van der Waals surface area (Å²) >= 11 is 0. The molecule has 4 fully saturated rings. The van der Waals surface area contributed by atoms with E-state index in [4.69, 9.17) is 4.74 Å². The summed E-state index contributed by atoms with van der Waals surface area (Å²) in [7, 11) is 1.34. The quantitative estimate of drug-likeness (QED) is 0.399. The fourth-order valence-corrected chi connectivity index (χ4v) is 7.31. The molecule has 0 radical (unpaired) electrons. The van der Waals surface area contributed by atoms with E-state index in [0.29, 0.717) is 23.6 Å². The number of hydrogen-bond donors (Lipinski definition) is 4. The largest absolute Gasteiger partial charge is 0.469 e. The molecule has 0 spiro atoms. The normalized spacial score (nSPS) is 31.5. The maximum absolute atomic E-state index is 15.7. The third kappa shape index (κ3) is 4.55. The molecule has 0 amide bonds. The highest BCUT2D eigenvalue weighted by Gasteiger charge is 2.60. The molecule has 2 aromatic heterocycles. The topological polar surface area (TPSA) is 125 Å². The number of nitrogens with zero attached hydrogens (tertiary/aromatic N) is 3. The maximum atomic E-state index is 15.7. The van der Waals surface area contributed by atoms with E-state index in [2.05, 4.69) is 37.7 Å². The molecule has 10 heteroatoms. The van der Waals surface area contributed by atoms with Crippen LogP contribution in [0.3, 0.4) is 0 Å². The van der Waals surface area contributed by atoms with Crippen molar-refractivity contribution in [2.24, 2.45) is 29.1 Å². The Balaban J connectivity index is 1.49. The summed E-state index contributed by atoms with van der Waals surface area (Å²) in [6.07, 6.45) is 4.61. The molecule has 4 bridgehead atoms. The molecule has 9 nitrogen and oxygen atoms in total. The van der Waals surface area contributed by atoms with E-state index in [1.807, 2.05) is 20.8 Å². The van der Waals surface area contributed by atoms with E-state index < -0.39 is 23.3 Å². The van der Waals surface area contributed by atoms with Crippen LogP contribution in [0.1, 0.15) is 64.3 Å². The fraction of sp³-hybridized carbons (Fsp3) is 0.692. The smallest absolute Gasteiger partial charge is 0.309 e. The number of aromatic amines is 1. The highest BCUT2D eigenvalue weighted by atomic mass is 19.1. The van der Waals surface area contributed by atoms with Crippen molar-refractivity contribution >= 4 is 23.6 Å². The van der Waals surface area contributed by atoms with Gasteiger partial charge in [0, 0.05) is 24.2 Å². The number of aryl methyl sites for hydroxylation is 1. The van der Waals surface area contributed by atoms with Gasteiger partial charge in [-0.25, -0.2) is 9.37 Å². The predicted octanol–water partition coefficient (Wildman–Crippen LogP) is 4.12. The lowest BCUT2D eigenvalue weighted by Gasteiger charge is -2.63. The second-order valence-electron chi connectivity index (χ2n) is 11.9. The van der Waals surface area contributed by atoms with Gasteiger partial charge in [-0.15, -0.1) is 0 Å². The van der Waals surface area contributed by atoms with E-state index in [0.717, 1.165) is 37.8 Å². The minimum absolute atomic E-state index is 0.00831. The third-order valence-electron chi connectivity index (χ3n) is 8.54. The van der Waals surface area contributed by atoms with Gasteiger partial charge >= 0.3 is 5.97 Å². The van der Waals surface area contributed by atoms with Crippen LogP contribution in [0.25, 0.3) is 0 Å². The van der Waals surface area contributed by atoms with Crippen molar-refractivity contribution in [3.63, 3.8) is 0 Å². The molecule has 0 saturated heterocycles. The molecule has 4 saturated carbocycles.